The Hall–Kier alpha value is -2.71. The number of ether oxygens (including phenoxy) is 1. The van der Waals surface area contributed by atoms with Crippen molar-refractivity contribution in [1.29, 1.82) is 0 Å². The average molecular weight is 427 g/mol. The first-order chi connectivity index (χ1) is 14.6. The first-order valence-corrected chi connectivity index (χ1v) is 11.0. The van der Waals surface area contributed by atoms with Crippen LogP contribution in [0.5, 0.6) is 10.9 Å². The molecule has 2 aromatic carbocycles. The summed E-state index contributed by atoms with van der Waals surface area (Å²) in [5.41, 5.74) is 7.29. The van der Waals surface area contributed by atoms with E-state index in [4.69, 9.17) is 10.5 Å². The fraction of sp³-hybridized carbons (Fsp3) is 0.364. The Bertz CT molecular complexity index is 1060. The lowest BCUT2D eigenvalue weighted by atomic mass is 9.97. The zero-order valence-corrected chi connectivity index (χ0v) is 17.2. The maximum Gasteiger partial charge on any atom is 0.315 e. The highest BCUT2D eigenvalue weighted by atomic mass is 32.1. The van der Waals surface area contributed by atoms with Crippen LogP contribution >= 0.6 is 11.3 Å². The highest BCUT2D eigenvalue weighted by Crippen LogP contribution is 2.36. The first kappa shape index (κ1) is 19.3. The Morgan fingerprint density at radius 3 is 2.60 bits per heavy atom. The molecule has 5 rings (SSSR count). The second kappa shape index (κ2) is 7.85. The van der Waals surface area contributed by atoms with Crippen molar-refractivity contribution in [1.82, 2.24) is 15.2 Å². The summed E-state index contributed by atoms with van der Waals surface area (Å²) in [5.74, 6) is 0.391. The summed E-state index contributed by atoms with van der Waals surface area (Å²) in [6.07, 6.45) is 4.00. The molecule has 0 radical (unpaired) electrons. The fourth-order valence-electron chi connectivity index (χ4n) is 4.68. The summed E-state index contributed by atoms with van der Waals surface area (Å²) in [7, 11) is 0. The largest absolute Gasteiger partial charge is 0.431 e. The average Bonchev–Trinajstić information content (AvgIpc) is 3.26. The molecule has 3 N–H and O–H groups in total. The molecule has 0 unspecified atom stereocenters. The molecule has 6 nitrogen and oxygen atoms in total. The maximum atomic E-state index is 13.8. The minimum absolute atomic E-state index is 0.271. The molecule has 30 heavy (non-hydrogen) atoms. The van der Waals surface area contributed by atoms with Crippen molar-refractivity contribution in [3.8, 4) is 10.9 Å². The van der Waals surface area contributed by atoms with Gasteiger partial charge in [-0.15, -0.1) is 0 Å². The number of carbonyl (C=O) groups excluding carboxylic acids is 1. The van der Waals surface area contributed by atoms with Crippen molar-refractivity contribution in [2.45, 2.75) is 50.4 Å². The lowest BCUT2D eigenvalue weighted by molar-refractivity contribution is 0.138. The molecule has 3 heterocycles. The van der Waals surface area contributed by atoms with Gasteiger partial charge in [0.1, 0.15) is 11.6 Å². The van der Waals surface area contributed by atoms with Crippen LogP contribution in [0.2, 0.25) is 0 Å². The number of hydrogen-bond acceptors (Lipinski definition) is 5. The van der Waals surface area contributed by atoms with Crippen molar-refractivity contribution in [2.24, 2.45) is 5.73 Å². The molecular weight excluding hydrogens is 403 g/mol. The number of urea groups is 1. The number of rotatable bonds is 5. The van der Waals surface area contributed by atoms with E-state index < -0.39 is 0 Å². The molecule has 3 aromatic rings. The summed E-state index contributed by atoms with van der Waals surface area (Å²) in [4.78, 5) is 17.8. The number of benzene rings is 2. The third-order valence-electron chi connectivity index (χ3n) is 6.06. The molecule has 156 valence electrons. The standard InChI is InChI=1S/C22H23FN4O2S/c23-18-2-1-3-19-20(18)30-22(26-19)29-17-8-4-13(5-9-17)12-25-14-10-15-6-7-16(11-14)27(15)21(24)28/h1-5,8-9,14-16,25H,6-7,10-12H2,(H2,24,28)/t14-,15-,16+. The molecule has 2 bridgehead atoms. The van der Waals surface area contributed by atoms with Crippen LogP contribution in [0.3, 0.4) is 0 Å². The molecule has 0 saturated carbocycles. The minimum atomic E-state index is -0.285. The Morgan fingerprint density at radius 2 is 1.93 bits per heavy atom. The summed E-state index contributed by atoms with van der Waals surface area (Å²) in [6, 6.07) is 13.3. The number of piperidine rings is 1. The van der Waals surface area contributed by atoms with E-state index >= 15 is 0 Å². The van der Waals surface area contributed by atoms with Crippen LogP contribution in [0, 0.1) is 5.82 Å². The predicted molar refractivity (Wildman–Crippen MR) is 114 cm³/mol. The summed E-state index contributed by atoms with van der Waals surface area (Å²) < 4.78 is 20.1. The predicted octanol–water partition coefficient (Wildman–Crippen LogP) is 4.39. The Labute approximate surface area is 177 Å². The van der Waals surface area contributed by atoms with Gasteiger partial charge in [0, 0.05) is 24.7 Å². The fourth-order valence-corrected chi connectivity index (χ4v) is 5.52. The third kappa shape index (κ3) is 3.73. The second-order valence-electron chi connectivity index (χ2n) is 7.99. The summed E-state index contributed by atoms with van der Waals surface area (Å²) in [5, 5.41) is 4.05. The van der Waals surface area contributed by atoms with E-state index in [-0.39, 0.29) is 23.9 Å². The Morgan fingerprint density at radius 1 is 1.20 bits per heavy atom. The topological polar surface area (TPSA) is 80.5 Å². The lowest BCUT2D eigenvalue weighted by Gasteiger charge is -2.38. The normalized spacial score (nSPS) is 23.1. The lowest BCUT2D eigenvalue weighted by Crippen LogP contribution is -2.53. The van der Waals surface area contributed by atoms with E-state index in [1.54, 1.807) is 12.1 Å². The number of carbonyl (C=O) groups is 1. The number of primary amides is 1. The van der Waals surface area contributed by atoms with Crippen LogP contribution in [-0.2, 0) is 6.54 Å². The number of fused-ring (bicyclic) bond motifs is 3. The van der Waals surface area contributed by atoms with Gasteiger partial charge in [-0.25, -0.2) is 14.2 Å². The molecule has 0 aliphatic carbocycles. The van der Waals surface area contributed by atoms with Gasteiger partial charge in [0.05, 0.1) is 10.2 Å². The first-order valence-electron chi connectivity index (χ1n) is 10.2. The van der Waals surface area contributed by atoms with Crippen molar-refractivity contribution >= 4 is 27.6 Å². The number of halogens is 1. The van der Waals surface area contributed by atoms with Crippen LogP contribution in [0.25, 0.3) is 10.2 Å². The van der Waals surface area contributed by atoms with Gasteiger partial charge in [-0.1, -0.05) is 29.5 Å². The monoisotopic (exact) mass is 426 g/mol. The van der Waals surface area contributed by atoms with Crippen LogP contribution in [-0.4, -0.2) is 34.0 Å². The number of amides is 2. The molecule has 2 aliphatic heterocycles. The minimum Gasteiger partial charge on any atom is -0.431 e. The van der Waals surface area contributed by atoms with Crippen molar-refractivity contribution in [2.75, 3.05) is 0 Å². The van der Waals surface area contributed by atoms with Gasteiger partial charge < -0.3 is 20.7 Å². The van der Waals surface area contributed by atoms with Gasteiger partial charge in [-0.2, -0.15) is 0 Å². The third-order valence-corrected chi connectivity index (χ3v) is 7.02. The number of nitrogens with zero attached hydrogens (tertiary/aromatic N) is 2. The number of nitrogens with one attached hydrogen (secondary N) is 1. The molecule has 2 aliphatic rings. The van der Waals surface area contributed by atoms with Crippen molar-refractivity contribution in [3.05, 3.63) is 53.8 Å². The molecule has 2 saturated heterocycles. The number of thiazole rings is 1. The van der Waals surface area contributed by atoms with Gasteiger partial charge in [-0.3, -0.25) is 0 Å². The van der Waals surface area contributed by atoms with Gasteiger partial charge in [0.25, 0.3) is 5.19 Å². The quantitative estimate of drug-likeness (QED) is 0.634. The summed E-state index contributed by atoms with van der Waals surface area (Å²) in [6.45, 7) is 0.757. The molecule has 3 atom stereocenters. The SMILES string of the molecule is NC(=O)N1[C@@H]2CC[C@H]1C[C@H](NCc1ccc(Oc3nc4cccc(F)c4s3)cc1)C2. The van der Waals surface area contributed by atoms with Gasteiger partial charge in [0.15, 0.2) is 0 Å². The van der Waals surface area contributed by atoms with Crippen molar-refractivity contribution < 1.29 is 13.9 Å². The van der Waals surface area contributed by atoms with E-state index in [9.17, 15) is 9.18 Å². The highest BCUT2D eigenvalue weighted by molar-refractivity contribution is 7.20. The Balaban J connectivity index is 1.18. The molecule has 1 aromatic heterocycles. The number of hydrogen-bond donors (Lipinski definition) is 2. The zero-order valence-electron chi connectivity index (χ0n) is 16.4. The smallest absolute Gasteiger partial charge is 0.315 e. The van der Waals surface area contributed by atoms with E-state index in [2.05, 4.69) is 10.3 Å². The highest BCUT2D eigenvalue weighted by Gasteiger charge is 2.42. The van der Waals surface area contributed by atoms with Crippen LogP contribution in [0.4, 0.5) is 9.18 Å². The maximum absolute atomic E-state index is 13.8. The van der Waals surface area contributed by atoms with Gasteiger partial charge in [0.2, 0.25) is 0 Å². The van der Waals surface area contributed by atoms with E-state index in [0.717, 1.165) is 37.8 Å². The summed E-state index contributed by atoms with van der Waals surface area (Å²) >= 11 is 1.20. The van der Waals surface area contributed by atoms with E-state index in [0.29, 0.717) is 27.2 Å². The van der Waals surface area contributed by atoms with Crippen LogP contribution < -0.4 is 15.8 Å². The molecule has 0 spiro atoms. The molecule has 2 amide bonds. The molecule has 8 heteroatoms. The Kier molecular flexibility index (Phi) is 5.04. The van der Waals surface area contributed by atoms with Crippen LogP contribution in [0.1, 0.15) is 31.2 Å². The van der Waals surface area contributed by atoms with Gasteiger partial charge >= 0.3 is 6.03 Å². The number of nitrogens with two attached hydrogens (primary N) is 1. The van der Waals surface area contributed by atoms with Crippen LogP contribution in [0.15, 0.2) is 42.5 Å². The molecule has 2 fully saturated rings. The zero-order chi connectivity index (χ0) is 20.7. The van der Waals surface area contributed by atoms with E-state index in [1.165, 1.54) is 17.4 Å². The number of aromatic nitrogens is 1. The second-order valence-corrected chi connectivity index (χ2v) is 8.96. The van der Waals surface area contributed by atoms with Gasteiger partial charge in [-0.05, 0) is 55.5 Å². The van der Waals surface area contributed by atoms with Crippen molar-refractivity contribution in [3.63, 3.8) is 0 Å². The van der Waals surface area contributed by atoms with E-state index in [1.807, 2.05) is 29.2 Å². The molecular formula is C22H23FN4O2S.